The second-order valence-corrected chi connectivity index (χ2v) is 7.33. The lowest BCUT2D eigenvalue weighted by molar-refractivity contribution is -0.143. The molecule has 31 heavy (non-hydrogen) atoms. The van der Waals surface area contributed by atoms with Crippen molar-refractivity contribution in [1.82, 2.24) is 16.0 Å². The summed E-state index contributed by atoms with van der Waals surface area (Å²) >= 11 is 0. The molecule has 0 aromatic rings. The molecule has 0 bridgehead atoms. The monoisotopic (exact) mass is 446 g/mol. The highest BCUT2D eigenvalue weighted by Crippen LogP contribution is 2.05. The lowest BCUT2D eigenvalue weighted by Crippen LogP contribution is -2.57. The molecule has 13 nitrogen and oxygen atoms in total. The molecule has 176 valence electrons. The van der Waals surface area contributed by atoms with E-state index in [-0.39, 0.29) is 19.3 Å². The van der Waals surface area contributed by atoms with Crippen molar-refractivity contribution in [3.63, 3.8) is 0 Å². The van der Waals surface area contributed by atoms with Crippen molar-refractivity contribution in [2.24, 2.45) is 11.7 Å². The first-order valence-corrected chi connectivity index (χ1v) is 9.59. The van der Waals surface area contributed by atoms with Gasteiger partial charge in [-0.25, -0.2) is 4.79 Å². The number of rotatable bonds is 14. The number of nitrogens with one attached hydrogen (secondary N) is 3. The summed E-state index contributed by atoms with van der Waals surface area (Å²) in [5.74, 6) is -6.48. The van der Waals surface area contributed by atoms with Crippen LogP contribution in [0.2, 0.25) is 0 Å². The van der Waals surface area contributed by atoms with Crippen LogP contribution in [0.25, 0.3) is 0 Å². The molecular weight excluding hydrogens is 416 g/mol. The largest absolute Gasteiger partial charge is 0.481 e. The molecule has 3 amide bonds. The van der Waals surface area contributed by atoms with E-state index in [1.165, 1.54) is 6.92 Å². The van der Waals surface area contributed by atoms with Gasteiger partial charge in [0.2, 0.25) is 17.7 Å². The number of amides is 3. The van der Waals surface area contributed by atoms with Gasteiger partial charge in [-0.2, -0.15) is 0 Å². The Hall–Kier alpha value is -3.22. The van der Waals surface area contributed by atoms with Crippen molar-refractivity contribution < 1.29 is 44.1 Å². The second-order valence-electron chi connectivity index (χ2n) is 7.33. The Bertz CT molecular complexity index is 696. The van der Waals surface area contributed by atoms with Crippen LogP contribution < -0.4 is 21.7 Å². The van der Waals surface area contributed by atoms with E-state index in [0.717, 1.165) is 0 Å². The Balaban J connectivity index is 4.96. The Morgan fingerprint density at radius 2 is 1.26 bits per heavy atom. The van der Waals surface area contributed by atoms with Gasteiger partial charge in [-0.1, -0.05) is 13.8 Å². The fourth-order valence-electron chi connectivity index (χ4n) is 2.40. The molecule has 0 saturated heterocycles. The molecular formula is C18H30N4O9. The number of carbonyl (C=O) groups excluding carboxylic acids is 3. The lowest BCUT2D eigenvalue weighted by atomic mass is 10.0. The minimum atomic E-state index is -1.45. The summed E-state index contributed by atoms with van der Waals surface area (Å²) in [6.07, 6.45) is -1.26. The number of carboxylic acids is 3. The minimum Gasteiger partial charge on any atom is -0.481 e. The molecule has 4 atom stereocenters. The van der Waals surface area contributed by atoms with Crippen molar-refractivity contribution >= 4 is 35.6 Å². The molecule has 0 aliphatic heterocycles. The van der Waals surface area contributed by atoms with Gasteiger partial charge in [-0.15, -0.1) is 0 Å². The highest BCUT2D eigenvalue weighted by Gasteiger charge is 2.30. The molecule has 0 fully saturated rings. The first-order chi connectivity index (χ1) is 14.3. The van der Waals surface area contributed by atoms with Crippen molar-refractivity contribution in [1.29, 1.82) is 0 Å². The summed E-state index contributed by atoms with van der Waals surface area (Å²) in [6, 6.07) is -4.86. The fraction of sp³-hybridized carbons (Fsp3) is 0.667. The third kappa shape index (κ3) is 10.9. The maximum Gasteiger partial charge on any atom is 0.326 e. The molecule has 0 aliphatic carbocycles. The summed E-state index contributed by atoms with van der Waals surface area (Å²) in [7, 11) is 0. The van der Waals surface area contributed by atoms with Crippen LogP contribution in [0.3, 0.4) is 0 Å². The van der Waals surface area contributed by atoms with E-state index in [9.17, 15) is 28.8 Å². The van der Waals surface area contributed by atoms with E-state index < -0.39 is 72.1 Å². The molecule has 0 radical (unpaired) electrons. The third-order valence-corrected chi connectivity index (χ3v) is 4.27. The molecule has 0 rings (SSSR count). The maximum atomic E-state index is 12.5. The first kappa shape index (κ1) is 27.8. The van der Waals surface area contributed by atoms with Crippen molar-refractivity contribution in [3.8, 4) is 0 Å². The lowest BCUT2D eigenvalue weighted by Gasteiger charge is -2.25. The zero-order valence-corrected chi connectivity index (χ0v) is 17.6. The predicted molar refractivity (Wildman–Crippen MR) is 106 cm³/mol. The summed E-state index contributed by atoms with van der Waals surface area (Å²) in [6.45, 7) is 4.55. The van der Waals surface area contributed by atoms with Crippen LogP contribution >= 0.6 is 0 Å². The van der Waals surface area contributed by atoms with Gasteiger partial charge >= 0.3 is 17.9 Å². The summed E-state index contributed by atoms with van der Waals surface area (Å²) in [4.78, 5) is 69.2. The fourth-order valence-corrected chi connectivity index (χ4v) is 2.40. The quantitative estimate of drug-likeness (QED) is 0.159. The molecule has 0 aromatic carbocycles. The Labute approximate surface area is 178 Å². The average molecular weight is 446 g/mol. The van der Waals surface area contributed by atoms with Crippen molar-refractivity contribution in [3.05, 3.63) is 0 Å². The van der Waals surface area contributed by atoms with Crippen LogP contribution in [0.5, 0.6) is 0 Å². The van der Waals surface area contributed by atoms with Crippen LogP contribution in [0.15, 0.2) is 0 Å². The smallest absolute Gasteiger partial charge is 0.326 e. The Kier molecular flexibility index (Phi) is 11.8. The second kappa shape index (κ2) is 13.2. The summed E-state index contributed by atoms with van der Waals surface area (Å²) in [5, 5.41) is 33.3. The number of aliphatic carboxylic acids is 3. The van der Waals surface area contributed by atoms with Gasteiger partial charge in [0.05, 0.1) is 6.04 Å². The summed E-state index contributed by atoms with van der Waals surface area (Å²) in [5.41, 5.74) is 5.63. The van der Waals surface area contributed by atoms with Gasteiger partial charge < -0.3 is 37.0 Å². The van der Waals surface area contributed by atoms with Crippen LogP contribution in [0.4, 0.5) is 0 Å². The van der Waals surface area contributed by atoms with Gasteiger partial charge in [0, 0.05) is 12.8 Å². The molecule has 4 unspecified atom stereocenters. The van der Waals surface area contributed by atoms with Gasteiger partial charge in [-0.3, -0.25) is 24.0 Å². The van der Waals surface area contributed by atoms with E-state index in [0.29, 0.717) is 0 Å². The number of carbonyl (C=O) groups is 6. The Morgan fingerprint density at radius 3 is 1.71 bits per heavy atom. The van der Waals surface area contributed by atoms with Gasteiger partial charge in [0.1, 0.15) is 18.1 Å². The normalized spacial score (nSPS) is 14.6. The van der Waals surface area contributed by atoms with Crippen molar-refractivity contribution in [2.45, 2.75) is 70.6 Å². The zero-order chi connectivity index (χ0) is 24.3. The SMILES string of the molecule is CC(NC(=O)C(NC(=O)C(N)CCC(=O)O)C(C)C)C(=O)NC(CCC(=O)O)C(=O)O. The maximum absolute atomic E-state index is 12.5. The predicted octanol–water partition coefficient (Wildman–Crippen LogP) is -1.74. The molecule has 0 aliphatic rings. The van der Waals surface area contributed by atoms with E-state index in [2.05, 4.69) is 16.0 Å². The molecule has 0 saturated carbocycles. The third-order valence-electron chi connectivity index (χ3n) is 4.27. The minimum absolute atomic E-state index is 0.126. The van der Waals surface area contributed by atoms with E-state index in [1.54, 1.807) is 13.8 Å². The first-order valence-electron chi connectivity index (χ1n) is 9.59. The molecule has 13 heteroatoms. The number of carboxylic acid groups (broad SMARTS) is 3. The highest BCUT2D eigenvalue weighted by molar-refractivity contribution is 5.94. The average Bonchev–Trinajstić information content (AvgIpc) is 2.65. The topological polar surface area (TPSA) is 225 Å². The van der Waals surface area contributed by atoms with Crippen LogP contribution in [-0.2, 0) is 28.8 Å². The zero-order valence-electron chi connectivity index (χ0n) is 17.6. The van der Waals surface area contributed by atoms with Crippen LogP contribution in [-0.4, -0.2) is 75.1 Å². The van der Waals surface area contributed by atoms with Crippen molar-refractivity contribution in [2.75, 3.05) is 0 Å². The van der Waals surface area contributed by atoms with E-state index in [1.807, 2.05) is 0 Å². The molecule has 0 spiro atoms. The van der Waals surface area contributed by atoms with Crippen LogP contribution in [0.1, 0.15) is 46.5 Å². The van der Waals surface area contributed by atoms with Gasteiger partial charge in [0.25, 0.3) is 0 Å². The highest BCUT2D eigenvalue weighted by atomic mass is 16.4. The number of hydrogen-bond acceptors (Lipinski definition) is 7. The van der Waals surface area contributed by atoms with Gasteiger partial charge in [0.15, 0.2) is 0 Å². The van der Waals surface area contributed by atoms with E-state index >= 15 is 0 Å². The van der Waals surface area contributed by atoms with E-state index in [4.69, 9.17) is 21.1 Å². The summed E-state index contributed by atoms with van der Waals surface area (Å²) < 4.78 is 0. The standard InChI is InChI=1S/C18H30N4O9/c1-8(2)14(22-16(28)10(19)4-6-12(23)24)17(29)20-9(3)15(27)21-11(18(30)31)5-7-13(25)26/h8-11,14H,4-7,19H2,1-3H3,(H,20,29)(H,21,27)(H,22,28)(H,23,24)(H,25,26)(H,30,31). The molecule has 0 heterocycles. The Morgan fingerprint density at radius 1 is 0.742 bits per heavy atom. The number of hydrogen-bond donors (Lipinski definition) is 7. The van der Waals surface area contributed by atoms with Crippen LogP contribution in [0, 0.1) is 5.92 Å². The molecule has 0 aromatic heterocycles. The number of nitrogens with two attached hydrogens (primary N) is 1. The van der Waals surface area contributed by atoms with Gasteiger partial charge in [-0.05, 0) is 25.7 Å². The molecule has 8 N–H and O–H groups in total.